The van der Waals surface area contributed by atoms with Gasteiger partial charge in [-0.1, -0.05) is 30.3 Å². The Hall–Kier alpha value is -3.52. The summed E-state index contributed by atoms with van der Waals surface area (Å²) < 4.78 is 17.9. The number of alkyl carbamates (subject to hydrolysis) is 1. The van der Waals surface area contributed by atoms with E-state index in [9.17, 15) is 14.7 Å². The fourth-order valence-electron chi connectivity index (χ4n) is 4.05. The third kappa shape index (κ3) is 6.57. The molecule has 0 bridgehead atoms. The molecule has 0 aliphatic rings. The zero-order valence-electron chi connectivity index (χ0n) is 22.0. The highest BCUT2D eigenvalue weighted by atomic mass is 16.6. The number of para-hydroxylation sites is 1. The fourth-order valence-corrected chi connectivity index (χ4v) is 4.05. The summed E-state index contributed by atoms with van der Waals surface area (Å²) in [5.41, 5.74) is 0.847. The molecule has 3 aromatic rings. The Bertz CT molecular complexity index is 1200. The van der Waals surface area contributed by atoms with Gasteiger partial charge in [-0.2, -0.15) is 0 Å². The van der Waals surface area contributed by atoms with Gasteiger partial charge >= 0.3 is 12.2 Å². The highest BCUT2D eigenvalue weighted by Gasteiger charge is 2.32. The number of methoxy groups -OCH3 is 1. The largest absolute Gasteiger partial charge is 0.497 e. The van der Waals surface area contributed by atoms with Crippen molar-refractivity contribution in [3.05, 3.63) is 65.9 Å². The number of amides is 1. The molecule has 1 heterocycles. The molecule has 8 nitrogen and oxygen atoms in total. The van der Waals surface area contributed by atoms with Crippen molar-refractivity contribution in [2.75, 3.05) is 13.7 Å². The second-order valence-corrected chi connectivity index (χ2v) is 10.6. The van der Waals surface area contributed by atoms with Gasteiger partial charge in [0.25, 0.3) is 0 Å². The van der Waals surface area contributed by atoms with Crippen LogP contribution in [0.25, 0.3) is 10.9 Å². The fraction of sp³-hybridized carbons (Fsp3) is 0.429. The first-order chi connectivity index (χ1) is 16.8. The smallest absolute Gasteiger partial charge is 0.419 e. The quantitative estimate of drug-likeness (QED) is 0.471. The van der Waals surface area contributed by atoms with Gasteiger partial charge in [0.1, 0.15) is 17.0 Å². The summed E-state index contributed by atoms with van der Waals surface area (Å²) in [4.78, 5) is 25.8. The van der Waals surface area contributed by atoms with Crippen LogP contribution < -0.4 is 10.1 Å². The maximum absolute atomic E-state index is 13.1. The number of aliphatic hydroxyl groups is 1. The Balaban J connectivity index is 2.15. The molecule has 0 saturated heterocycles. The topological polar surface area (TPSA) is 99.0 Å². The van der Waals surface area contributed by atoms with E-state index in [-0.39, 0.29) is 6.61 Å². The molecular weight excluding hydrogens is 460 g/mol. The number of fused-ring (bicyclic) bond motifs is 1. The van der Waals surface area contributed by atoms with E-state index in [1.165, 1.54) is 4.57 Å². The van der Waals surface area contributed by atoms with Gasteiger partial charge in [0.2, 0.25) is 0 Å². The maximum Gasteiger partial charge on any atom is 0.419 e. The number of nitrogens with one attached hydrogen (secondary N) is 1. The Morgan fingerprint density at radius 2 is 1.56 bits per heavy atom. The highest BCUT2D eigenvalue weighted by Crippen LogP contribution is 2.36. The minimum absolute atomic E-state index is 0.359. The number of hydrogen-bond donors (Lipinski definition) is 2. The average Bonchev–Trinajstić information content (AvgIpc) is 3.16. The summed E-state index contributed by atoms with van der Waals surface area (Å²) in [5, 5.41) is 14.0. The van der Waals surface area contributed by atoms with E-state index in [1.54, 1.807) is 34.1 Å². The predicted octanol–water partition coefficient (Wildman–Crippen LogP) is 5.45. The lowest BCUT2D eigenvalue weighted by atomic mass is 9.85. The summed E-state index contributed by atoms with van der Waals surface area (Å²) in [6.07, 6.45) is 0.558. The lowest BCUT2D eigenvalue weighted by molar-refractivity contribution is 0.0473. The minimum Gasteiger partial charge on any atom is -0.497 e. The summed E-state index contributed by atoms with van der Waals surface area (Å²) in [7, 11) is 1.58. The lowest BCUT2D eigenvalue weighted by Gasteiger charge is -2.29. The van der Waals surface area contributed by atoms with Gasteiger partial charge < -0.3 is 24.6 Å². The molecule has 1 amide bonds. The van der Waals surface area contributed by atoms with Crippen LogP contribution in [-0.4, -0.2) is 52.8 Å². The van der Waals surface area contributed by atoms with Gasteiger partial charge in [0.05, 0.1) is 25.3 Å². The van der Waals surface area contributed by atoms with Gasteiger partial charge in [0.15, 0.2) is 0 Å². The first-order valence-corrected chi connectivity index (χ1v) is 11.9. The van der Waals surface area contributed by atoms with Gasteiger partial charge in [-0.15, -0.1) is 0 Å². The summed E-state index contributed by atoms with van der Waals surface area (Å²) in [5.74, 6) is 0.163. The molecule has 0 spiro atoms. The van der Waals surface area contributed by atoms with Crippen molar-refractivity contribution in [2.24, 2.45) is 0 Å². The molecule has 0 aliphatic heterocycles. The molecule has 1 aromatic heterocycles. The zero-order chi connectivity index (χ0) is 26.7. The van der Waals surface area contributed by atoms with E-state index >= 15 is 0 Å². The summed E-state index contributed by atoms with van der Waals surface area (Å²) in [6.45, 7) is 10.4. The molecule has 0 saturated carbocycles. The van der Waals surface area contributed by atoms with Gasteiger partial charge in [0, 0.05) is 17.5 Å². The number of hydrogen-bond acceptors (Lipinski definition) is 6. The third-order valence-electron chi connectivity index (χ3n) is 5.44. The van der Waals surface area contributed by atoms with Crippen LogP contribution in [0.15, 0.2) is 54.7 Å². The van der Waals surface area contributed by atoms with Crippen LogP contribution in [0.4, 0.5) is 9.59 Å². The van der Waals surface area contributed by atoms with Crippen LogP contribution in [0.2, 0.25) is 0 Å². The van der Waals surface area contributed by atoms with Crippen LogP contribution in [-0.2, 0) is 9.47 Å². The van der Waals surface area contributed by atoms with Crippen molar-refractivity contribution in [2.45, 2.75) is 64.7 Å². The number of carbonyl (C=O) groups is 2. The molecule has 8 heteroatoms. The van der Waals surface area contributed by atoms with E-state index in [0.29, 0.717) is 11.3 Å². The number of aliphatic hydroxyl groups excluding tert-OH is 1. The summed E-state index contributed by atoms with van der Waals surface area (Å²) in [6, 6.07) is 14.1. The first-order valence-electron chi connectivity index (χ1n) is 11.9. The number of nitrogens with zero attached hydrogens (tertiary/aromatic N) is 1. The molecule has 3 rings (SSSR count). The predicted molar refractivity (Wildman–Crippen MR) is 139 cm³/mol. The number of ether oxygens (including phenoxy) is 3. The van der Waals surface area contributed by atoms with Gasteiger partial charge in [-0.3, -0.25) is 4.57 Å². The number of aromatic nitrogens is 1. The van der Waals surface area contributed by atoms with Crippen LogP contribution in [0.5, 0.6) is 5.75 Å². The van der Waals surface area contributed by atoms with E-state index < -0.39 is 35.3 Å². The normalized spacial score (nSPS) is 13.7. The second kappa shape index (κ2) is 10.6. The number of benzene rings is 2. The monoisotopic (exact) mass is 496 g/mol. The van der Waals surface area contributed by atoms with Crippen molar-refractivity contribution in [3.8, 4) is 5.75 Å². The van der Waals surface area contributed by atoms with Crippen molar-refractivity contribution >= 4 is 23.1 Å². The van der Waals surface area contributed by atoms with Crippen LogP contribution in [0.1, 0.15) is 58.6 Å². The van der Waals surface area contributed by atoms with Crippen molar-refractivity contribution < 1.29 is 28.9 Å². The van der Waals surface area contributed by atoms with E-state index in [0.717, 1.165) is 16.5 Å². The van der Waals surface area contributed by atoms with Gasteiger partial charge in [-0.05, 0) is 70.9 Å². The van der Waals surface area contributed by atoms with Crippen molar-refractivity contribution in [1.82, 2.24) is 9.88 Å². The molecular formula is C28H36N2O6. The van der Waals surface area contributed by atoms with Gasteiger partial charge in [-0.25, -0.2) is 9.59 Å². The Kier molecular flexibility index (Phi) is 7.99. The van der Waals surface area contributed by atoms with E-state index in [4.69, 9.17) is 14.2 Å². The average molecular weight is 497 g/mol. The summed E-state index contributed by atoms with van der Waals surface area (Å²) >= 11 is 0. The standard InChI is InChI=1S/C28H36N2O6/c1-27(2,3)35-25(32)29-22(17-31)24(18-12-14-19(34-7)15-13-18)21-16-30(26(33)36-28(4,5)6)23-11-9-8-10-20(21)23/h8-16,22,24,31H,17H2,1-7H3,(H,29,32)/t22-,24+/m1/s1. The molecule has 2 N–H and O–H groups in total. The minimum atomic E-state index is -0.744. The SMILES string of the molecule is COc1ccc([C@@H](c2cn(C(=O)OC(C)(C)C)c3ccccc23)[C@@H](CO)NC(=O)OC(C)(C)C)cc1. The molecule has 0 fully saturated rings. The van der Waals surface area contributed by atoms with Crippen LogP contribution in [0, 0.1) is 0 Å². The maximum atomic E-state index is 13.1. The number of rotatable bonds is 6. The second-order valence-electron chi connectivity index (χ2n) is 10.6. The zero-order valence-corrected chi connectivity index (χ0v) is 22.0. The van der Waals surface area contributed by atoms with Crippen LogP contribution >= 0.6 is 0 Å². The molecule has 0 radical (unpaired) electrons. The molecule has 2 aromatic carbocycles. The molecule has 0 unspecified atom stereocenters. The molecule has 194 valence electrons. The van der Waals surface area contributed by atoms with Crippen molar-refractivity contribution in [1.29, 1.82) is 0 Å². The molecule has 36 heavy (non-hydrogen) atoms. The van der Waals surface area contributed by atoms with Crippen molar-refractivity contribution in [3.63, 3.8) is 0 Å². The Labute approximate surface area is 212 Å². The van der Waals surface area contributed by atoms with Crippen LogP contribution in [0.3, 0.4) is 0 Å². The first kappa shape index (κ1) is 27.1. The van der Waals surface area contributed by atoms with E-state index in [2.05, 4.69) is 5.32 Å². The highest BCUT2D eigenvalue weighted by molar-refractivity contribution is 5.93. The number of carbonyl (C=O) groups excluding carboxylic acids is 2. The lowest BCUT2D eigenvalue weighted by Crippen LogP contribution is -2.44. The Morgan fingerprint density at radius 3 is 2.11 bits per heavy atom. The van der Waals surface area contributed by atoms with E-state index in [1.807, 2.05) is 69.3 Å². The Morgan fingerprint density at radius 1 is 0.944 bits per heavy atom. The molecule has 0 aliphatic carbocycles. The molecule has 2 atom stereocenters. The third-order valence-corrected chi connectivity index (χ3v) is 5.44.